The lowest BCUT2D eigenvalue weighted by molar-refractivity contribution is -0.155. The largest absolute Gasteiger partial charge is 0.304 e. The highest BCUT2D eigenvalue weighted by molar-refractivity contribution is 7.91. The Kier molecular flexibility index (Phi) is 4.70. The molecule has 2 aliphatic rings. The monoisotopic (exact) mass is 309 g/mol. The molecule has 0 aliphatic carbocycles. The second kappa shape index (κ2) is 5.95. The molecule has 0 aromatic heterocycles. The number of hydrazine groups is 1. The van der Waals surface area contributed by atoms with Gasteiger partial charge in [0.2, 0.25) is 0 Å². The van der Waals surface area contributed by atoms with E-state index >= 15 is 0 Å². The molecule has 0 radical (unpaired) electrons. The van der Waals surface area contributed by atoms with E-state index in [0.29, 0.717) is 6.42 Å². The minimum Gasteiger partial charge on any atom is -0.304 e. The molecule has 19 heavy (non-hydrogen) atoms. The van der Waals surface area contributed by atoms with Crippen molar-refractivity contribution >= 4 is 27.3 Å². The number of sulfone groups is 1. The molecule has 8 heteroatoms. The molecule has 1 atom stereocenters. The Labute approximate surface area is 119 Å². The predicted molar refractivity (Wildman–Crippen MR) is 73.7 cm³/mol. The van der Waals surface area contributed by atoms with Crippen LogP contribution in [0.15, 0.2) is 0 Å². The molecule has 0 aromatic carbocycles. The van der Waals surface area contributed by atoms with Crippen LogP contribution in [0.25, 0.3) is 0 Å². The number of carbonyl (C=O) groups excluding carboxylic acids is 1. The molecule has 2 fully saturated rings. The molecule has 1 amide bonds. The van der Waals surface area contributed by atoms with E-state index in [1.807, 2.05) is 12.1 Å². The lowest BCUT2D eigenvalue weighted by Crippen LogP contribution is -2.58. The Balaban J connectivity index is 2.10. The fourth-order valence-electron chi connectivity index (χ4n) is 2.63. The normalized spacial score (nSPS) is 28.4. The van der Waals surface area contributed by atoms with E-state index < -0.39 is 9.84 Å². The van der Waals surface area contributed by atoms with Gasteiger partial charge in [-0.05, 0) is 13.5 Å². The number of nitrogens with zero attached hydrogens (tertiary/aromatic N) is 3. The fourth-order valence-corrected chi connectivity index (χ4v) is 4.45. The first-order chi connectivity index (χ1) is 8.93. The topological polar surface area (TPSA) is 60.9 Å². The van der Waals surface area contributed by atoms with E-state index in [4.69, 9.17) is 11.6 Å². The van der Waals surface area contributed by atoms with Crippen LogP contribution in [0, 0.1) is 0 Å². The summed E-state index contributed by atoms with van der Waals surface area (Å²) in [7, 11) is -0.973. The minimum absolute atomic E-state index is 0.0575. The van der Waals surface area contributed by atoms with Crippen molar-refractivity contribution < 1.29 is 13.2 Å². The number of carbonyl (C=O) groups is 1. The smallest absolute Gasteiger partial charge is 0.252 e. The van der Waals surface area contributed by atoms with Crippen molar-refractivity contribution in [3.63, 3.8) is 0 Å². The molecule has 0 saturated carbocycles. The van der Waals surface area contributed by atoms with Crippen molar-refractivity contribution in [1.29, 1.82) is 0 Å². The first kappa shape index (κ1) is 15.0. The summed E-state index contributed by atoms with van der Waals surface area (Å²) in [5.74, 6) is -0.0872. The number of likely N-dealkylation sites (N-methyl/N-ethyl adjacent to an activating group) is 1. The van der Waals surface area contributed by atoms with Crippen LogP contribution in [0.3, 0.4) is 0 Å². The second-order valence-corrected chi connectivity index (χ2v) is 7.68. The van der Waals surface area contributed by atoms with Crippen molar-refractivity contribution in [3.05, 3.63) is 0 Å². The number of rotatable bonds is 3. The Morgan fingerprint density at radius 1 is 1.32 bits per heavy atom. The maximum absolute atomic E-state index is 12.0. The molecule has 2 heterocycles. The van der Waals surface area contributed by atoms with Gasteiger partial charge in [-0.15, -0.1) is 11.6 Å². The molecule has 0 spiro atoms. The summed E-state index contributed by atoms with van der Waals surface area (Å²) in [6.07, 6.45) is 0.511. The van der Waals surface area contributed by atoms with Gasteiger partial charge in [-0.3, -0.25) is 9.80 Å². The van der Waals surface area contributed by atoms with Crippen LogP contribution >= 0.6 is 11.6 Å². The number of amides is 1. The first-order valence-corrected chi connectivity index (χ1v) is 8.80. The fraction of sp³-hybridized carbons (Fsp3) is 0.909. The molecular formula is C11H20ClN3O3S. The Bertz CT molecular complexity index is 434. The van der Waals surface area contributed by atoms with E-state index in [1.165, 1.54) is 0 Å². The van der Waals surface area contributed by atoms with Crippen LogP contribution in [0.4, 0.5) is 0 Å². The van der Waals surface area contributed by atoms with Crippen LogP contribution in [0.2, 0.25) is 0 Å². The van der Waals surface area contributed by atoms with Gasteiger partial charge in [-0.2, -0.15) is 0 Å². The Hall–Kier alpha value is -0.370. The number of hydrogen-bond acceptors (Lipinski definition) is 5. The van der Waals surface area contributed by atoms with Crippen molar-refractivity contribution in [2.24, 2.45) is 0 Å². The summed E-state index contributed by atoms with van der Waals surface area (Å²) in [4.78, 5) is 14.2. The van der Waals surface area contributed by atoms with Crippen LogP contribution < -0.4 is 0 Å². The SMILES string of the molecule is CN1CCN(N(C(=O)CCl)C2CCS(=O)(=O)C2)CC1. The van der Waals surface area contributed by atoms with Crippen LogP contribution in [0.1, 0.15) is 6.42 Å². The third-order valence-electron chi connectivity index (χ3n) is 3.71. The molecule has 0 bridgehead atoms. The molecule has 2 rings (SSSR count). The highest BCUT2D eigenvalue weighted by atomic mass is 35.5. The second-order valence-electron chi connectivity index (χ2n) is 5.19. The zero-order valence-electron chi connectivity index (χ0n) is 11.1. The van der Waals surface area contributed by atoms with Crippen LogP contribution in [-0.4, -0.2) is 85.9 Å². The minimum atomic E-state index is -3.01. The summed E-state index contributed by atoms with van der Waals surface area (Å²) in [6, 6.07) is -0.250. The molecule has 110 valence electrons. The Morgan fingerprint density at radius 2 is 1.95 bits per heavy atom. The van der Waals surface area contributed by atoms with E-state index in [0.717, 1.165) is 26.2 Å². The zero-order valence-corrected chi connectivity index (χ0v) is 12.7. The summed E-state index contributed by atoms with van der Waals surface area (Å²) < 4.78 is 23.2. The molecule has 0 aromatic rings. The van der Waals surface area contributed by atoms with Crippen molar-refractivity contribution in [2.45, 2.75) is 12.5 Å². The summed E-state index contributed by atoms with van der Waals surface area (Å²) in [6.45, 7) is 3.20. The summed E-state index contributed by atoms with van der Waals surface area (Å²) in [5, 5.41) is 3.56. The van der Waals surface area contributed by atoms with E-state index in [-0.39, 0.29) is 29.3 Å². The van der Waals surface area contributed by atoms with Gasteiger partial charge in [-0.25, -0.2) is 13.4 Å². The van der Waals surface area contributed by atoms with E-state index in [9.17, 15) is 13.2 Å². The van der Waals surface area contributed by atoms with Gasteiger partial charge in [0.25, 0.3) is 5.91 Å². The molecule has 2 aliphatic heterocycles. The highest BCUT2D eigenvalue weighted by Crippen LogP contribution is 2.21. The average molecular weight is 310 g/mol. The number of piperazine rings is 1. The van der Waals surface area contributed by atoms with Crippen molar-refractivity contribution in [3.8, 4) is 0 Å². The summed E-state index contributed by atoms with van der Waals surface area (Å²) >= 11 is 5.67. The summed E-state index contributed by atoms with van der Waals surface area (Å²) in [5.41, 5.74) is 0. The van der Waals surface area contributed by atoms with Gasteiger partial charge >= 0.3 is 0 Å². The van der Waals surface area contributed by atoms with Gasteiger partial charge in [-0.1, -0.05) is 0 Å². The standard InChI is InChI=1S/C11H20ClN3O3S/c1-13-3-5-14(6-4-13)15(11(16)8-12)10-2-7-19(17,18)9-10/h10H,2-9H2,1H3. The lowest BCUT2D eigenvalue weighted by Gasteiger charge is -2.42. The Morgan fingerprint density at radius 3 is 2.42 bits per heavy atom. The van der Waals surface area contributed by atoms with Gasteiger partial charge in [0, 0.05) is 26.2 Å². The molecule has 1 unspecified atom stereocenters. The maximum atomic E-state index is 12.0. The molecule has 2 saturated heterocycles. The third-order valence-corrected chi connectivity index (χ3v) is 5.69. The van der Waals surface area contributed by atoms with E-state index in [1.54, 1.807) is 5.01 Å². The van der Waals surface area contributed by atoms with Crippen LogP contribution in [0.5, 0.6) is 0 Å². The first-order valence-electron chi connectivity index (χ1n) is 6.45. The highest BCUT2D eigenvalue weighted by Gasteiger charge is 2.37. The molecule has 0 N–H and O–H groups in total. The molecule has 6 nitrogen and oxygen atoms in total. The third kappa shape index (κ3) is 3.59. The maximum Gasteiger partial charge on any atom is 0.252 e. The predicted octanol–water partition coefficient (Wildman–Crippen LogP) is -0.597. The number of halogens is 1. The van der Waals surface area contributed by atoms with Gasteiger partial charge in [0.05, 0.1) is 17.5 Å². The average Bonchev–Trinajstić information content (AvgIpc) is 2.72. The quantitative estimate of drug-likeness (QED) is 0.652. The zero-order chi connectivity index (χ0) is 14.0. The van der Waals surface area contributed by atoms with Crippen molar-refractivity contribution in [1.82, 2.24) is 14.9 Å². The van der Waals surface area contributed by atoms with Gasteiger partial charge < -0.3 is 4.90 Å². The lowest BCUT2D eigenvalue weighted by atomic mass is 10.2. The van der Waals surface area contributed by atoms with Gasteiger partial charge in [0.1, 0.15) is 5.88 Å². The molecular weight excluding hydrogens is 290 g/mol. The van der Waals surface area contributed by atoms with Crippen LogP contribution in [-0.2, 0) is 14.6 Å². The number of hydrogen-bond donors (Lipinski definition) is 0. The van der Waals surface area contributed by atoms with Gasteiger partial charge in [0.15, 0.2) is 9.84 Å². The number of alkyl halides is 1. The van der Waals surface area contributed by atoms with Crippen molar-refractivity contribution in [2.75, 3.05) is 50.6 Å². The van der Waals surface area contributed by atoms with E-state index in [2.05, 4.69) is 4.90 Å².